The van der Waals surface area contributed by atoms with Gasteiger partial charge in [0.25, 0.3) is 5.91 Å². The second-order valence-electron chi connectivity index (χ2n) is 6.69. The topological polar surface area (TPSA) is 82.4 Å². The van der Waals surface area contributed by atoms with Crippen LogP contribution in [0.5, 0.6) is 5.75 Å². The van der Waals surface area contributed by atoms with E-state index in [1.807, 2.05) is 6.07 Å². The van der Waals surface area contributed by atoms with Crippen molar-refractivity contribution in [2.45, 2.75) is 39.7 Å². The van der Waals surface area contributed by atoms with Gasteiger partial charge in [0.05, 0.1) is 18.7 Å². The molecular formula is C21H23N3O3S. The number of hydrogen-bond acceptors (Lipinski definition) is 5. The molecule has 0 fully saturated rings. The van der Waals surface area contributed by atoms with E-state index >= 15 is 0 Å². The van der Waals surface area contributed by atoms with E-state index in [1.165, 1.54) is 11.3 Å². The third-order valence-corrected chi connectivity index (χ3v) is 5.84. The molecule has 3 rings (SSSR count). The van der Waals surface area contributed by atoms with E-state index < -0.39 is 0 Å². The zero-order valence-corrected chi connectivity index (χ0v) is 16.9. The van der Waals surface area contributed by atoms with E-state index in [4.69, 9.17) is 4.74 Å². The lowest BCUT2D eigenvalue weighted by molar-refractivity contribution is -0.129. The maximum Gasteiger partial charge on any atom is 0.256 e. The third kappa shape index (κ3) is 4.34. The fourth-order valence-electron chi connectivity index (χ4n) is 3.12. The predicted octanol–water partition coefficient (Wildman–Crippen LogP) is 3.96. The van der Waals surface area contributed by atoms with E-state index in [-0.39, 0.29) is 11.8 Å². The van der Waals surface area contributed by atoms with E-state index in [0.29, 0.717) is 48.0 Å². The number of benzene rings is 1. The maximum absolute atomic E-state index is 12.7. The largest absolute Gasteiger partial charge is 0.494 e. The number of nitriles is 1. The highest BCUT2D eigenvalue weighted by Crippen LogP contribution is 2.37. The SMILES string of the molecule is CCCCOc1cccc(C(=O)Nc2sc3c(c2C#N)CCN(C(C)=O)C3)c1. The Bertz CT molecular complexity index is 929. The van der Waals surface area contributed by atoms with Crippen molar-refractivity contribution in [3.8, 4) is 11.8 Å². The molecule has 7 heteroatoms. The van der Waals surface area contributed by atoms with Gasteiger partial charge in [-0.25, -0.2) is 0 Å². The van der Waals surface area contributed by atoms with Crippen molar-refractivity contribution in [1.29, 1.82) is 5.26 Å². The summed E-state index contributed by atoms with van der Waals surface area (Å²) in [4.78, 5) is 27.1. The first-order valence-corrected chi connectivity index (χ1v) is 10.2. The Morgan fingerprint density at radius 1 is 1.39 bits per heavy atom. The molecule has 146 valence electrons. The van der Waals surface area contributed by atoms with E-state index in [9.17, 15) is 14.9 Å². The number of fused-ring (bicyclic) bond motifs is 1. The standard InChI is InChI=1S/C21H23N3O3S/c1-3-4-10-27-16-7-5-6-15(11-16)20(26)23-21-18(12-22)17-8-9-24(14(2)25)13-19(17)28-21/h5-7,11H,3-4,8-10,13H2,1-2H3,(H,23,26). The van der Waals surface area contributed by atoms with Crippen LogP contribution >= 0.6 is 11.3 Å². The fraction of sp³-hybridized carbons (Fsp3) is 0.381. The number of nitrogens with one attached hydrogen (secondary N) is 1. The molecule has 2 amide bonds. The van der Waals surface area contributed by atoms with Gasteiger partial charge in [0.2, 0.25) is 5.91 Å². The Hall–Kier alpha value is -2.85. The number of amides is 2. The molecule has 1 aliphatic heterocycles. The van der Waals surface area contributed by atoms with Crippen LogP contribution in [0.2, 0.25) is 0 Å². The minimum Gasteiger partial charge on any atom is -0.494 e. The van der Waals surface area contributed by atoms with Crippen LogP contribution in [0.25, 0.3) is 0 Å². The molecule has 1 N–H and O–H groups in total. The van der Waals surface area contributed by atoms with Crippen molar-refractivity contribution in [3.05, 3.63) is 45.8 Å². The van der Waals surface area contributed by atoms with Gasteiger partial charge in [-0.3, -0.25) is 9.59 Å². The summed E-state index contributed by atoms with van der Waals surface area (Å²) in [6.07, 6.45) is 2.63. The Labute approximate surface area is 168 Å². The van der Waals surface area contributed by atoms with Crippen molar-refractivity contribution < 1.29 is 14.3 Å². The molecule has 0 radical (unpaired) electrons. The monoisotopic (exact) mass is 397 g/mol. The average molecular weight is 398 g/mol. The van der Waals surface area contributed by atoms with Crippen molar-refractivity contribution >= 4 is 28.2 Å². The van der Waals surface area contributed by atoms with Gasteiger partial charge in [-0.15, -0.1) is 11.3 Å². The van der Waals surface area contributed by atoms with E-state index in [2.05, 4.69) is 18.3 Å². The van der Waals surface area contributed by atoms with Gasteiger partial charge in [0.1, 0.15) is 16.8 Å². The first kappa shape index (κ1) is 19.9. The molecule has 1 aromatic carbocycles. The second kappa shape index (κ2) is 8.89. The number of carbonyl (C=O) groups excluding carboxylic acids is 2. The fourth-order valence-corrected chi connectivity index (χ4v) is 4.32. The van der Waals surface area contributed by atoms with Crippen LogP contribution in [0, 0.1) is 11.3 Å². The Morgan fingerprint density at radius 2 is 2.21 bits per heavy atom. The lowest BCUT2D eigenvalue weighted by atomic mass is 10.0. The summed E-state index contributed by atoms with van der Waals surface area (Å²) in [6.45, 7) is 5.34. The van der Waals surface area contributed by atoms with E-state index in [0.717, 1.165) is 23.3 Å². The van der Waals surface area contributed by atoms with Crippen LogP contribution in [0.15, 0.2) is 24.3 Å². The van der Waals surface area contributed by atoms with Crippen LogP contribution in [0.3, 0.4) is 0 Å². The van der Waals surface area contributed by atoms with Gasteiger partial charge in [-0.1, -0.05) is 19.4 Å². The van der Waals surface area contributed by atoms with Crippen LogP contribution in [-0.4, -0.2) is 29.9 Å². The van der Waals surface area contributed by atoms with Crippen molar-refractivity contribution in [2.24, 2.45) is 0 Å². The average Bonchev–Trinajstić information content (AvgIpc) is 3.04. The molecule has 0 aliphatic carbocycles. The number of unbranched alkanes of at least 4 members (excludes halogenated alkanes) is 1. The number of rotatable bonds is 6. The molecule has 1 aliphatic rings. The highest BCUT2D eigenvalue weighted by atomic mass is 32.1. The molecular weight excluding hydrogens is 374 g/mol. The molecule has 0 saturated carbocycles. The summed E-state index contributed by atoms with van der Waals surface area (Å²) in [7, 11) is 0. The van der Waals surface area contributed by atoms with Crippen molar-refractivity contribution in [3.63, 3.8) is 0 Å². The summed E-state index contributed by atoms with van der Waals surface area (Å²) >= 11 is 1.37. The zero-order valence-electron chi connectivity index (χ0n) is 16.1. The summed E-state index contributed by atoms with van der Waals surface area (Å²) in [5.41, 5.74) is 1.93. The molecule has 0 saturated heterocycles. The van der Waals surface area contributed by atoms with E-state index in [1.54, 1.807) is 30.0 Å². The van der Waals surface area contributed by atoms with Crippen LogP contribution < -0.4 is 10.1 Å². The van der Waals surface area contributed by atoms with Gasteiger partial charge in [0, 0.05) is 23.9 Å². The van der Waals surface area contributed by atoms with Crippen LogP contribution in [-0.2, 0) is 17.8 Å². The maximum atomic E-state index is 12.7. The number of anilines is 1. The van der Waals surface area contributed by atoms with Gasteiger partial charge < -0.3 is 15.0 Å². The van der Waals surface area contributed by atoms with Gasteiger partial charge in [-0.2, -0.15) is 5.26 Å². The van der Waals surface area contributed by atoms with Crippen molar-refractivity contribution in [2.75, 3.05) is 18.5 Å². The van der Waals surface area contributed by atoms with Gasteiger partial charge >= 0.3 is 0 Å². The first-order valence-electron chi connectivity index (χ1n) is 9.37. The number of hydrogen-bond donors (Lipinski definition) is 1. The number of carbonyl (C=O) groups is 2. The summed E-state index contributed by atoms with van der Waals surface area (Å²) in [5, 5.41) is 13.0. The highest BCUT2D eigenvalue weighted by Gasteiger charge is 2.26. The van der Waals surface area contributed by atoms with Crippen LogP contribution in [0.1, 0.15) is 53.1 Å². The predicted molar refractivity (Wildman–Crippen MR) is 109 cm³/mol. The second-order valence-corrected chi connectivity index (χ2v) is 7.80. The molecule has 0 bridgehead atoms. The molecule has 2 heterocycles. The summed E-state index contributed by atoms with van der Waals surface area (Å²) in [6, 6.07) is 9.26. The zero-order chi connectivity index (χ0) is 20.1. The van der Waals surface area contributed by atoms with Crippen molar-refractivity contribution in [1.82, 2.24) is 4.90 Å². The Morgan fingerprint density at radius 3 is 2.93 bits per heavy atom. The highest BCUT2D eigenvalue weighted by molar-refractivity contribution is 7.16. The molecule has 0 unspecified atom stereocenters. The third-order valence-electron chi connectivity index (χ3n) is 4.70. The normalized spacial score (nSPS) is 12.8. The Balaban J connectivity index is 1.77. The quantitative estimate of drug-likeness (QED) is 0.748. The summed E-state index contributed by atoms with van der Waals surface area (Å²) in [5.74, 6) is 0.395. The minimum atomic E-state index is -0.278. The van der Waals surface area contributed by atoms with Crippen LogP contribution in [0.4, 0.5) is 5.00 Å². The number of ether oxygens (including phenoxy) is 1. The lowest BCUT2D eigenvalue weighted by Gasteiger charge is -2.25. The lowest BCUT2D eigenvalue weighted by Crippen LogP contribution is -2.33. The minimum absolute atomic E-state index is 0.0167. The molecule has 2 aromatic rings. The Kier molecular flexibility index (Phi) is 6.32. The number of thiophene rings is 1. The molecule has 0 spiro atoms. The molecule has 28 heavy (non-hydrogen) atoms. The molecule has 0 atom stereocenters. The molecule has 6 nitrogen and oxygen atoms in total. The van der Waals surface area contributed by atoms with Gasteiger partial charge in [0.15, 0.2) is 0 Å². The van der Waals surface area contributed by atoms with Gasteiger partial charge in [-0.05, 0) is 36.6 Å². The summed E-state index contributed by atoms with van der Waals surface area (Å²) < 4.78 is 5.67. The first-order chi connectivity index (χ1) is 13.5. The number of nitrogens with zero attached hydrogens (tertiary/aromatic N) is 2. The smallest absolute Gasteiger partial charge is 0.256 e. The molecule has 1 aromatic heterocycles.